The van der Waals surface area contributed by atoms with Crippen LogP contribution in [0.5, 0.6) is 11.5 Å². The molecule has 0 atom stereocenters. The molecule has 2 N–H and O–H groups in total. The van der Waals surface area contributed by atoms with Crippen molar-refractivity contribution in [3.63, 3.8) is 0 Å². The molecule has 0 aliphatic carbocycles. The van der Waals surface area contributed by atoms with Crippen LogP contribution in [0, 0.1) is 0 Å². The van der Waals surface area contributed by atoms with Gasteiger partial charge < -0.3 is 10.2 Å². The normalized spacial score (nSPS) is 11.5. The standard InChI is InChI=1S/C15H14O2/c1-11(13-7-3-5-9-15(13)17)10-12-6-2-4-8-14(12)16/h2-10,16-17H,1H3/b11-10+. The van der Waals surface area contributed by atoms with Gasteiger partial charge in [-0.1, -0.05) is 36.4 Å². The predicted molar refractivity (Wildman–Crippen MR) is 69.8 cm³/mol. The number of benzene rings is 2. The van der Waals surface area contributed by atoms with Crippen LogP contribution in [0.2, 0.25) is 0 Å². The van der Waals surface area contributed by atoms with E-state index in [-0.39, 0.29) is 11.5 Å². The molecule has 2 aromatic rings. The highest BCUT2D eigenvalue weighted by molar-refractivity contribution is 5.83. The molecule has 2 nitrogen and oxygen atoms in total. The molecular formula is C15H14O2. The van der Waals surface area contributed by atoms with E-state index >= 15 is 0 Å². The maximum atomic E-state index is 9.72. The third-order valence-electron chi connectivity index (χ3n) is 2.64. The average molecular weight is 226 g/mol. The van der Waals surface area contributed by atoms with Gasteiger partial charge in [-0.15, -0.1) is 0 Å². The second kappa shape index (κ2) is 4.74. The van der Waals surface area contributed by atoms with Gasteiger partial charge in [0, 0.05) is 11.1 Å². The summed E-state index contributed by atoms with van der Waals surface area (Å²) in [5, 5.41) is 19.4. The molecule has 0 aromatic heterocycles. The molecule has 2 aromatic carbocycles. The topological polar surface area (TPSA) is 40.5 Å². The quantitative estimate of drug-likeness (QED) is 0.767. The van der Waals surface area contributed by atoms with Crippen molar-refractivity contribution in [2.24, 2.45) is 0 Å². The van der Waals surface area contributed by atoms with Crippen molar-refractivity contribution in [2.75, 3.05) is 0 Å². The van der Waals surface area contributed by atoms with E-state index in [0.717, 1.165) is 16.7 Å². The van der Waals surface area contributed by atoms with E-state index in [1.165, 1.54) is 0 Å². The Morgan fingerprint density at radius 2 is 1.47 bits per heavy atom. The lowest BCUT2D eigenvalue weighted by Gasteiger charge is -2.05. The van der Waals surface area contributed by atoms with Gasteiger partial charge in [0.25, 0.3) is 0 Å². The van der Waals surface area contributed by atoms with Gasteiger partial charge in [0.2, 0.25) is 0 Å². The highest BCUT2D eigenvalue weighted by Crippen LogP contribution is 2.28. The van der Waals surface area contributed by atoms with E-state index in [9.17, 15) is 10.2 Å². The molecule has 0 saturated heterocycles. The van der Waals surface area contributed by atoms with Crippen LogP contribution in [-0.2, 0) is 0 Å². The Hall–Kier alpha value is -2.22. The summed E-state index contributed by atoms with van der Waals surface area (Å²) in [6, 6.07) is 14.3. The summed E-state index contributed by atoms with van der Waals surface area (Å²) >= 11 is 0. The minimum Gasteiger partial charge on any atom is -0.507 e. The molecule has 0 amide bonds. The maximum absolute atomic E-state index is 9.72. The largest absolute Gasteiger partial charge is 0.507 e. The third kappa shape index (κ3) is 2.48. The fourth-order valence-corrected chi connectivity index (χ4v) is 1.73. The van der Waals surface area contributed by atoms with Crippen LogP contribution in [0.4, 0.5) is 0 Å². The molecule has 0 saturated carbocycles. The first-order valence-electron chi connectivity index (χ1n) is 5.43. The van der Waals surface area contributed by atoms with Gasteiger partial charge >= 0.3 is 0 Å². The summed E-state index contributed by atoms with van der Waals surface area (Å²) in [5.41, 5.74) is 2.42. The summed E-state index contributed by atoms with van der Waals surface area (Å²) in [5.74, 6) is 0.485. The predicted octanol–water partition coefficient (Wildman–Crippen LogP) is 3.66. The van der Waals surface area contributed by atoms with E-state index < -0.39 is 0 Å². The molecule has 0 aliphatic rings. The monoisotopic (exact) mass is 226 g/mol. The molecule has 2 rings (SSSR count). The van der Waals surface area contributed by atoms with Crippen LogP contribution >= 0.6 is 0 Å². The summed E-state index contributed by atoms with van der Waals surface area (Å²) in [6.07, 6.45) is 1.85. The number of hydrogen-bond donors (Lipinski definition) is 2. The highest BCUT2D eigenvalue weighted by atomic mass is 16.3. The summed E-state index contributed by atoms with van der Waals surface area (Å²) < 4.78 is 0. The molecule has 0 heterocycles. The van der Waals surface area contributed by atoms with Crippen molar-refractivity contribution in [1.29, 1.82) is 0 Å². The zero-order valence-electron chi connectivity index (χ0n) is 9.59. The number of phenols is 2. The SMILES string of the molecule is C/C(=C\c1ccccc1O)c1ccccc1O. The molecular weight excluding hydrogens is 212 g/mol. The van der Waals surface area contributed by atoms with Crippen molar-refractivity contribution < 1.29 is 10.2 Å². The molecule has 17 heavy (non-hydrogen) atoms. The second-order valence-corrected chi connectivity index (χ2v) is 3.90. The Morgan fingerprint density at radius 1 is 0.882 bits per heavy atom. The fourth-order valence-electron chi connectivity index (χ4n) is 1.73. The lowest BCUT2D eigenvalue weighted by atomic mass is 10.0. The van der Waals surface area contributed by atoms with Crippen LogP contribution in [0.15, 0.2) is 48.5 Å². The second-order valence-electron chi connectivity index (χ2n) is 3.90. The zero-order valence-corrected chi connectivity index (χ0v) is 9.59. The van der Waals surface area contributed by atoms with Crippen LogP contribution in [0.25, 0.3) is 11.6 Å². The Bertz CT molecular complexity index is 556. The number of aromatic hydroxyl groups is 2. The van der Waals surface area contributed by atoms with Crippen LogP contribution in [0.3, 0.4) is 0 Å². The smallest absolute Gasteiger partial charge is 0.123 e. The molecule has 86 valence electrons. The van der Waals surface area contributed by atoms with Gasteiger partial charge in [0.1, 0.15) is 11.5 Å². The molecule has 0 bridgehead atoms. The van der Waals surface area contributed by atoms with Gasteiger partial charge in [-0.25, -0.2) is 0 Å². The first-order valence-corrected chi connectivity index (χ1v) is 5.43. The summed E-state index contributed by atoms with van der Waals surface area (Å²) in [7, 11) is 0. The van der Waals surface area contributed by atoms with E-state index in [2.05, 4.69) is 0 Å². The molecule has 2 heteroatoms. The first-order chi connectivity index (χ1) is 8.18. The Labute approximate surface area is 100 Å². The minimum absolute atomic E-state index is 0.238. The molecule has 0 spiro atoms. The van der Waals surface area contributed by atoms with Gasteiger partial charge in [-0.3, -0.25) is 0 Å². The Morgan fingerprint density at radius 3 is 2.12 bits per heavy atom. The molecule has 0 radical (unpaired) electrons. The van der Waals surface area contributed by atoms with Gasteiger partial charge in [-0.05, 0) is 30.7 Å². The number of rotatable bonds is 2. The van der Waals surface area contributed by atoms with Crippen LogP contribution in [-0.4, -0.2) is 10.2 Å². The van der Waals surface area contributed by atoms with E-state index in [4.69, 9.17) is 0 Å². The van der Waals surface area contributed by atoms with Crippen molar-refractivity contribution >= 4 is 11.6 Å². The third-order valence-corrected chi connectivity index (χ3v) is 2.64. The number of hydrogen-bond acceptors (Lipinski definition) is 2. The first kappa shape index (κ1) is 11.3. The molecule has 0 aliphatic heterocycles. The van der Waals surface area contributed by atoms with Crippen molar-refractivity contribution in [2.45, 2.75) is 6.92 Å². The van der Waals surface area contributed by atoms with Gasteiger partial charge in [0.05, 0.1) is 0 Å². The van der Waals surface area contributed by atoms with Crippen LogP contribution < -0.4 is 0 Å². The number of para-hydroxylation sites is 2. The van der Waals surface area contributed by atoms with Crippen molar-refractivity contribution in [3.8, 4) is 11.5 Å². The average Bonchev–Trinajstić information content (AvgIpc) is 2.32. The number of phenolic OH excluding ortho intramolecular Hbond substituents is 2. The molecule has 0 fully saturated rings. The van der Waals surface area contributed by atoms with E-state index in [1.807, 2.05) is 37.3 Å². The Balaban J connectivity index is 2.42. The highest BCUT2D eigenvalue weighted by Gasteiger charge is 2.03. The lowest BCUT2D eigenvalue weighted by molar-refractivity contribution is 0.472. The molecule has 0 unspecified atom stereocenters. The van der Waals surface area contributed by atoms with Gasteiger partial charge in [0.15, 0.2) is 0 Å². The van der Waals surface area contributed by atoms with E-state index in [0.29, 0.717) is 0 Å². The fraction of sp³-hybridized carbons (Fsp3) is 0.0667. The maximum Gasteiger partial charge on any atom is 0.123 e. The Kier molecular flexibility index (Phi) is 3.15. The van der Waals surface area contributed by atoms with Crippen molar-refractivity contribution in [3.05, 3.63) is 59.7 Å². The van der Waals surface area contributed by atoms with Gasteiger partial charge in [-0.2, -0.15) is 0 Å². The van der Waals surface area contributed by atoms with Crippen molar-refractivity contribution in [1.82, 2.24) is 0 Å². The summed E-state index contributed by atoms with van der Waals surface area (Å²) in [6.45, 7) is 1.90. The zero-order chi connectivity index (χ0) is 12.3. The van der Waals surface area contributed by atoms with E-state index in [1.54, 1.807) is 24.3 Å². The minimum atomic E-state index is 0.238. The van der Waals surface area contributed by atoms with Crippen LogP contribution in [0.1, 0.15) is 18.1 Å². The summed E-state index contributed by atoms with van der Waals surface area (Å²) in [4.78, 5) is 0. The number of allylic oxidation sites excluding steroid dienone is 1. The lowest BCUT2D eigenvalue weighted by Crippen LogP contribution is -1.81.